The molecule has 0 fully saturated rings. The van der Waals surface area contributed by atoms with E-state index >= 15 is 0 Å². The summed E-state index contributed by atoms with van der Waals surface area (Å²) in [6.45, 7) is 13.0. The van der Waals surface area contributed by atoms with Crippen LogP contribution in [0.25, 0.3) is 11.1 Å². The Balaban J connectivity index is 0.000000310. The van der Waals surface area contributed by atoms with Crippen LogP contribution < -0.4 is 5.32 Å². The first-order valence-corrected chi connectivity index (χ1v) is 15.5. The summed E-state index contributed by atoms with van der Waals surface area (Å²) >= 11 is 21.3. The summed E-state index contributed by atoms with van der Waals surface area (Å²) in [5.41, 5.74) is 5.29. The second-order valence-corrected chi connectivity index (χ2v) is 14.0. The molecular weight excluding hydrogens is 734 g/mol. The van der Waals surface area contributed by atoms with Crippen molar-refractivity contribution in [3.8, 4) is 0 Å². The van der Waals surface area contributed by atoms with Crippen LogP contribution in [0.3, 0.4) is 0 Å². The minimum absolute atomic E-state index is 0. The molecule has 0 saturated carbocycles. The number of alkyl halides is 1. The molecule has 2 nitrogen and oxygen atoms in total. The van der Waals surface area contributed by atoms with Crippen LogP contribution in [-0.4, -0.2) is 41.0 Å². The lowest BCUT2D eigenvalue weighted by Crippen LogP contribution is -2.34. The van der Waals surface area contributed by atoms with Gasteiger partial charge in [0, 0.05) is 38.5 Å². The van der Waals surface area contributed by atoms with E-state index in [9.17, 15) is 0 Å². The first kappa shape index (κ1) is 34.1. The topological polar surface area (TPSA) is 15.3 Å². The molecule has 0 aliphatic carbocycles. The van der Waals surface area contributed by atoms with Crippen molar-refractivity contribution in [3.05, 3.63) is 78.7 Å². The third-order valence-corrected chi connectivity index (χ3v) is 8.08. The molecule has 2 aliphatic rings. The van der Waals surface area contributed by atoms with Gasteiger partial charge >= 0.3 is 0 Å². The second kappa shape index (κ2) is 17.6. The fourth-order valence-corrected chi connectivity index (χ4v) is 4.55. The molecular formula is C29H39Br2Cl2IN2. The first-order chi connectivity index (χ1) is 16.6. The molecule has 0 spiro atoms. The molecule has 0 atom stereocenters. The fourth-order valence-electron chi connectivity index (χ4n) is 3.69. The maximum atomic E-state index is 6.13. The van der Waals surface area contributed by atoms with Gasteiger partial charge in [0.1, 0.15) is 0 Å². The summed E-state index contributed by atoms with van der Waals surface area (Å²) in [5.74, 6) is 0. The Morgan fingerprint density at radius 3 is 1.72 bits per heavy atom. The van der Waals surface area contributed by atoms with E-state index in [1.807, 2.05) is 24.3 Å². The highest BCUT2D eigenvalue weighted by Gasteiger charge is 2.15. The summed E-state index contributed by atoms with van der Waals surface area (Å²) in [5, 5.41) is 4.86. The molecule has 4 rings (SSSR count). The van der Waals surface area contributed by atoms with E-state index in [1.165, 1.54) is 22.3 Å². The summed E-state index contributed by atoms with van der Waals surface area (Å²) in [7, 11) is 0. The van der Waals surface area contributed by atoms with Crippen molar-refractivity contribution in [2.24, 2.45) is 0 Å². The lowest BCUT2D eigenvalue weighted by atomic mass is 9.99. The number of halogens is 5. The van der Waals surface area contributed by atoms with E-state index in [2.05, 4.69) is 117 Å². The molecule has 0 radical (unpaired) electrons. The molecule has 0 bridgehead atoms. The first-order valence-electron chi connectivity index (χ1n) is 12.0. The summed E-state index contributed by atoms with van der Waals surface area (Å²) < 4.78 is 2.72. The van der Waals surface area contributed by atoms with Crippen LogP contribution in [0.2, 0.25) is 10.0 Å². The van der Waals surface area contributed by atoms with Gasteiger partial charge in [0.15, 0.2) is 0 Å². The van der Waals surface area contributed by atoms with Crippen LogP contribution in [0.5, 0.6) is 0 Å². The number of hydrogen-bond acceptors (Lipinski definition) is 2. The van der Waals surface area contributed by atoms with Crippen LogP contribution in [0.15, 0.2) is 57.5 Å². The molecule has 0 unspecified atom stereocenters. The monoisotopic (exact) mass is 770 g/mol. The van der Waals surface area contributed by atoms with Crippen LogP contribution in [0.1, 0.15) is 59.1 Å². The van der Waals surface area contributed by atoms with Gasteiger partial charge in [-0.15, -0.1) is 0 Å². The molecule has 2 aromatic carbocycles. The number of rotatable bonds is 3. The van der Waals surface area contributed by atoms with Crippen LogP contribution in [-0.2, 0) is 0 Å². The molecule has 0 aromatic heterocycles. The van der Waals surface area contributed by atoms with Crippen LogP contribution in [0, 0.1) is 0 Å². The average molecular weight is 773 g/mol. The normalized spacial score (nSPS) is 15.6. The smallest absolute Gasteiger partial charge is 0.0554 e. The molecule has 0 saturated heterocycles. The average Bonchev–Trinajstić information content (AvgIpc) is 2.83. The molecule has 2 heterocycles. The highest BCUT2D eigenvalue weighted by atomic mass is 127. The minimum Gasteiger partial charge on any atom is -0.313 e. The van der Waals surface area contributed by atoms with Crippen molar-refractivity contribution >= 4 is 88.8 Å². The van der Waals surface area contributed by atoms with E-state index in [0.717, 1.165) is 61.9 Å². The predicted octanol–water partition coefficient (Wildman–Crippen LogP) is 10.5. The van der Waals surface area contributed by atoms with Gasteiger partial charge in [-0.1, -0.05) is 91.4 Å². The van der Waals surface area contributed by atoms with Gasteiger partial charge in [0.2, 0.25) is 0 Å². The fraction of sp³-hybridized carbons (Fsp3) is 0.448. The number of nitrogens with one attached hydrogen (secondary N) is 1. The zero-order valence-electron chi connectivity index (χ0n) is 20.9. The Bertz CT molecular complexity index is 1020. The van der Waals surface area contributed by atoms with Crippen molar-refractivity contribution in [3.63, 3.8) is 0 Å². The molecule has 2 aliphatic heterocycles. The highest BCUT2D eigenvalue weighted by Crippen LogP contribution is 2.30. The Morgan fingerprint density at radius 2 is 1.36 bits per heavy atom. The predicted molar refractivity (Wildman–Crippen MR) is 179 cm³/mol. The lowest BCUT2D eigenvalue weighted by Gasteiger charge is -2.29. The molecule has 1 N–H and O–H groups in total. The largest absolute Gasteiger partial charge is 0.313 e. The van der Waals surface area contributed by atoms with E-state index < -0.39 is 0 Å². The van der Waals surface area contributed by atoms with Gasteiger partial charge in [-0.2, -0.15) is 0 Å². The highest BCUT2D eigenvalue weighted by molar-refractivity contribution is 14.1. The van der Waals surface area contributed by atoms with Crippen molar-refractivity contribution < 1.29 is 0 Å². The maximum absolute atomic E-state index is 6.13. The molecule has 200 valence electrons. The van der Waals surface area contributed by atoms with Crippen molar-refractivity contribution in [1.29, 1.82) is 0 Å². The summed E-state index contributed by atoms with van der Waals surface area (Å²) in [6, 6.07) is 12.9. The lowest BCUT2D eigenvalue weighted by molar-refractivity contribution is 0.245. The Morgan fingerprint density at radius 1 is 0.861 bits per heavy atom. The third-order valence-electron chi connectivity index (χ3n) is 5.62. The van der Waals surface area contributed by atoms with Gasteiger partial charge < -0.3 is 5.32 Å². The third kappa shape index (κ3) is 11.9. The number of benzene rings is 2. The minimum atomic E-state index is 0. The van der Waals surface area contributed by atoms with Crippen molar-refractivity contribution in [1.82, 2.24) is 10.2 Å². The number of nitrogens with zero attached hydrogens (tertiary/aromatic N) is 1. The molecule has 0 amide bonds. The van der Waals surface area contributed by atoms with Gasteiger partial charge in [0.25, 0.3) is 0 Å². The molecule has 7 heteroatoms. The zero-order valence-corrected chi connectivity index (χ0v) is 27.7. The maximum Gasteiger partial charge on any atom is 0.0554 e. The van der Waals surface area contributed by atoms with Gasteiger partial charge in [0.05, 0.1) is 10.0 Å². The summed E-state index contributed by atoms with van der Waals surface area (Å²) in [6.07, 6.45) is 6.74. The summed E-state index contributed by atoms with van der Waals surface area (Å²) in [4.78, 5) is 2.48. The van der Waals surface area contributed by atoms with E-state index in [0.29, 0.717) is 6.04 Å². The Kier molecular flexibility index (Phi) is 16.7. The molecule has 2 aromatic rings. The van der Waals surface area contributed by atoms with Gasteiger partial charge in [-0.3, -0.25) is 4.90 Å². The van der Waals surface area contributed by atoms with E-state index in [4.69, 9.17) is 23.2 Å². The standard InChI is InChI=1S/C14H17BrClN.C11H11BrClN.C3H7I.CH4/c1-10(2)17-7-5-11(6-8-17)12-3-4-13(15)14(16)9-12;12-10-2-1-9(7-11(10)13)8-3-5-14-6-4-8;1-3(2)4;/h3-5,9-10H,6-8H2,1-2H3;1-3,7,14H,4-6H2;3H,1-2H3;1H4. The quantitative estimate of drug-likeness (QED) is 0.247. The van der Waals surface area contributed by atoms with Crippen LogP contribution in [0.4, 0.5) is 0 Å². The Labute approximate surface area is 259 Å². The van der Waals surface area contributed by atoms with E-state index in [1.54, 1.807) is 0 Å². The zero-order chi connectivity index (χ0) is 26.0. The van der Waals surface area contributed by atoms with Gasteiger partial charge in [-0.25, -0.2) is 0 Å². The van der Waals surface area contributed by atoms with Crippen LogP contribution >= 0.6 is 77.7 Å². The molecule has 36 heavy (non-hydrogen) atoms. The van der Waals surface area contributed by atoms with E-state index in [-0.39, 0.29) is 7.43 Å². The van der Waals surface area contributed by atoms with Gasteiger partial charge in [-0.05, 0) is 112 Å². The van der Waals surface area contributed by atoms with Crippen molar-refractivity contribution in [2.45, 2.75) is 57.9 Å². The SMILES string of the molecule is C.CC(C)I.CC(C)N1CC=C(c2ccc(Br)c(Cl)c2)CC1.Clc1cc(C2=CCNCC2)ccc1Br. The second-order valence-electron chi connectivity index (χ2n) is 9.02. The number of hydrogen-bond donors (Lipinski definition) is 1. The van der Waals surface area contributed by atoms with Crippen molar-refractivity contribution in [2.75, 3.05) is 26.2 Å². The Hall–Kier alpha value is 0.110.